The van der Waals surface area contributed by atoms with Crippen LogP contribution in [0.25, 0.3) is 0 Å². The minimum absolute atomic E-state index is 0.158. The summed E-state index contributed by atoms with van der Waals surface area (Å²) in [5.74, 6) is -0.486. The van der Waals surface area contributed by atoms with Crippen molar-refractivity contribution in [3.8, 4) is 0 Å². The number of carboxylic acids is 1. The first-order valence-electron chi connectivity index (χ1n) is 5.91. The molecule has 1 heterocycles. The number of rotatable bonds is 3. The number of likely N-dealkylation sites (tertiary alicyclic amines) is 1. The standard InChI is InChI=1S/C12H21NO2/c1-8-6-13(7-10(8)11(14)15)9(2)12(3)4-5-12/h8-10H,4-7H2,1-3H3,(H,14,15)/t8-,9?,10-/m1/s1. The Morgan fingerprint density at radius 2 is 2.07 bits per heavy atom. The molecule has 0 aromatic carbocycles. The molecule has 0 spiro atoms. The highest BCUT2D eigenvalue weighted by molar-refractivity contribution is 5.71. The van der Waals surface area contributed by atoms with Gasteiger partial charge in [0.2, 0.25) is 0 Å². The van der Waals surface area contributed by atoms with E-state index in [0.29, 0.717) is 17.4 Å². The highest BCUT2D eigenvalue weighted by Gasteiger charge is 2.48. The third-order valence-corrected chi connectivity index (χ3v) is 4.55. The molecule has 0 radical (unpaired) electrons. The molecule has 3 heteroatoms. The van der Waals surface area contributed by atoms with E-state index >= 15 is 0 Å². The van der Waals surface area contributed by atoms with E-state index in [9.17, 15) is 4.79 Å². The summed E-state index contributed by atoms with van der Waals surface area (Å²) in [6.07, 6.45) is 2.60. The third kappa shape index (κ3) is 1.89. The van der Waals surface area contributed by atoms with Crippen molar-refractivity contribution in [1.29, 1.82) is 0 Å². The summed E-state index contributed by atoms with van der Waals surface area (Å²) in [6, 6.07) is 0.546. The second-order valence-corrected chi connectivity index (χ2v) is 5.71. The van der Waals surface area contributed by atoms with Crippen LogP contribution in [0.3, 0.4) is 0 Å². The van der Waals surface area contributed by atoms with Crippen molar-refractivity contribution in [2.45, 2.75) is 39.7 Å². The van der Waals surface area contributed by atoms with Gasteiger partial charge in [0, 0.05) is 19.1 Å². The van der Waals surface area contributed by atoms with Crippen molar-refractivity contribution in [2.75, 3.05) is 13.1 Å². The molecule has 0 amide bonds. The van der Waals surface area contributed by atoms with E-state index in [0.717, 1.165) is 13.1 Å². The summed E-state index contributed by atoms with van der Waals surface area (Å²) < 4.78 is 0. The van der Waals surface area contributed by atoms with E-state index in [2.05, 4.69) is 25.7 Å². The SMILES string of the molecule is CC(N1C[C@@H](C)[C@H](C(=O)O)C1)C1(C)CC1. The van der Waals surface area contributed by atoms with Gasteiger partial charge in [-0.25, -0.2) is 0 Å². The van der Waals surface area contributed by atoms with Gasteiger partial charge in [-0.3, -0.25) is 9.69 Å². The lowest BCUT2D eigenvalue weighted by Gasteiger charge is -2.29. The van der Waals surface area contributed by atoms with Gasteiger partial charge in [0.1, 0.15) is 0 Å². The van der Waals surface area contributed by atoms with Crippen LogP contribution < -0.4 is 0 Å². The Morgan fingerprint density at radius 3 is 2.47 bits per heavy atom. The Bertz CT molecular complexity index is 273. The summed E-state index contributed by atoms with van der Waals surface area (Å²) in [4.78, 5) is 13.4. The number of aliphatic carboxylic acids is 1. The molecule has 2 rings (SSSR count). The van der Waals surface area contributed by atoms with Crippen molar-refractivity contribution in [3.05, 3.63) is 0 Å². The fourth-order valence-corrected chi connectivity index (χ4v) is 2.70. The Morgan fingerprint density at radius 1 is 1.47 bits per heavy atom. The van der Waals surface area contributed by atoms with Gasteiger partial charge in [-0.2, -0.15) is 0 Å². The second kappa shape index (κ2) is 3.48. The molecule has 1 saturated carbocycles. The van der Waals surface area contributed by atoms with Crippen LogP contribution in [0.2, 0.25) is 0 Å². The molecule has 3 atom stereocenters. The maximum atomic E-state index is 11.0. The van der Waals surface area contributed by atoms with Crippen LogP contribution in [0, 0.1) is 17.3 Å². The molecule has 1 aliphatic heterocycles. The molecule has 0 aromatic rings. The zero-order valence-corrected chi connectivity index (χ0v) is 9.86. The zero-order chi connectivity index (χ0) is 11.2. The molecule has 1 N–H and O–H groups in total. The topological polar surface area (TPSA) is 40.5 Å². The van der Waals surface area contributed by atoms with Gasteiger partial charge >= 0.3 is 5.97 Å². The molecule has 86 valence electrons. The molecular formula is C12H21NO2. The number of carbonyl (C=O) groups is 1. The average molecular weight is 211 g/mol. The number of nitrogens with zero attached hydrogens (tertiary/aromatic N) is 1. The van der Waals surface area contributed by atoms with Gasteiger partial charge in [0.15, 0.2) is 0 Å². The first-order valence-corrected chi connectivity index (χ1v) is 5.91. The van der Waals surface area contributed by atoms with Crippen LogP contribution in [0.15, 0.2) is 0 Å². The minimum atomic E-state index is -0.627. The molecule has 3 nitrogen and oxygen atoms in total. The lowest BCUT2D eigenvalue weighted by Crippen LogP contribution is -2.37. The molecule has 2 aliphatic rings. The van der Waals surface area contributed by atoms with Crippen LogP contribution in [0.4, 0.5) is 0 Å². The van der Waals surface area contributed by atoms with E-state index in [1.807, 2.05) is 0 Å². The van der Waals surface area contributed by atoms with Crippen LogP contribution >= 0.6 is 0 Å². The Labute approximate surface area is 91.5 Å². The molecule has 1 unspecified atom stereocenters. The Balaban J connectivity index is 1.99. The normalized spacial score (nSPS) is 36.5. The van der Waals surface area contributed by atoms with E-state index in [1.165, 1.54) is 12.8 Å². The van der Waals surface area contributed by atoms with Gasteiger partial charge in [-0.1, -0.05) is 13.8 Å². The summed E-state index contributed by atoms with van der Waals surface area (Å²) in [7, 11) is 0. The monoisotopic (exact) mass is 211 g/mol. The smallest absolute Gasteiger partial charge is 0.308 e. The van der Waals surface area contributed by atoms with Gasteiger partial charge < -0.3 is 5.11 Å². The highest BCUT2D eigenvalue weighted by Crippen LogP contribution is 2.50. The van der Waals surface area contributed by atoms with Gasteiger partial charge in [0.25, 0.3) is 0 Å². The fraction of sp³-hybridized carbons (Fsp3) is 0.917. The Kier molecular flexibility index (Phi) is 2.53. The molecule has 1 saturated heterocycles. The largest absolute Gasteiger partial charge is 0.481 e. The predicted octanol–water partition coefficient (Wildman–Crippen LogP) is 1.83. The van der Waals surface area contributed by atoms with Gasteiger partial charge in [-0.15, -0.1) is 0 Å². The van der Waals surface area contributed by atoms with Crippen LogP contribution in [0.5, 0.6) is 0 Å². The predicted molar refractivity (Wildman–Crippen MR) is 58.7 cm³/mol. The maximum Gasteiger partial charge on any atom is 0.308 e. The molecule has 0 bridgehead atoms. The van der Waals surface area contributed by atoms with Crippen molar-refractivity contribution in [3.63, 3.8) is 0 Å². The average Bonchev–Trinajstić information content (AvgIpc) is 2.77. The summed E-state index contributed by atoms with van der Waals surface area (Å²) in [5, 5.41) is 9.07. The van der Waals surface area contributed by atoms with Crippen molar-refractivity contribution in [1.82, 2.24) is 4.90 Å². The first kappa shape index (κ1) is 10.9. The quantitative estimate of drug-likeness (QED) is 0.774. The lowest BCUT2D eigenvalue weighted by atomic mass is 9.99. The number of hydrogen-bond acceptors (Lipinski definition) is 2. The molecule has 0 aromatic heterocycles. The van der Waals surface area contributed by atoms with Crippen molar-refractivity contribution in [2.24, 2.45) is 17.3 Å². The number of carboxylic acid groups (broad SMARTS) is 1. The fourth-order valence-electron chi connectivity index (χ4n) is 2.70. The minimum Gasteiger partial charge on any atom is -0.481 e. The molecular weight excluding hydrogens is 190 g/mol. The van der Waals surface area contributed by atoms with Gasteiger partial charge in [0.05, 0.1) is 5.92 Å². The number of hydrogen-bond donors (Lipinski definition) is 1. The van der Waals surface area contributed by atoms with Crippen LogP contribution in [-0.4, -0.2) is 35.1 Å². The first-order chi connectivity index (χ1) is 6.94. The van der Waals surface area contributed by atoms with Crippen molar-refractivity contribution >= 4 is 5.97 Å². The zero-order valence-electron chi connectivity index (χ0n) is 9.86. The maximum absolute atomic E-state index is 11.0. The molecule has 2 fully saturated rings. The second-order valence-electron chi connectivity index (χ2n) is 5.71. The van der Waals surface area contributed by atoms with E-state index in [1.54, 1.807) is 0 Å². The highest BCUT2D eigenvalue weighted by atomic mass is 16.4. The summed E-state index contributed by atoms with van der Waals surface area (Å²) >= 11 is 0. The third-order valence-electron chi connectivity index (χ3n) is 4.55. The van der Waals surface area contributed by atoms with Crippen LogP contribution in [-0.2, 0) is 4.79 Å². The van der Waals surface area contributed by atoms with E-state index < -0.39 is 5.97 Å². The summed E-state index contributed by atoms with van der Waals surface area (Å²) in [6.45, 7) is 8.32. The Hall–Kier alpha value is -0.570. The summed E-state index contributed by atoms with van der Waals surface area (Å²) in [5.41, 5.74) is 0.465. The van der Waals surface area contributed by atoms with E-state index in [4.69, 9.17) is 5.11 Å². The van der Waals surface area contributed by atoms with Crippen LogP contribution in [0.1, 0.15) is 33.6 Å². The van der Waals surface area contributed by atoms with E-state index in [-0.39, 0.29) is 5.92 Å². The van der Waals surface area contributed by atoms with Gasteiger partial charge in [-0.05, 0) is 31.1 Å². The molecule has 15 heavy (non-hydrogen) atoms. The van der Waals surface area contributed by atoms with Crippen molar-refractivity contribution < 1.29 is 9.90 Å². The lowest BCUT2D eigenvalue weighted by molar-refractivity contribution is -0.142. The molecule has 1 aliphatic carbocycles.